The van der Waals surface area contributed by atoms with Crippen molar-refractivity contribution in [1.29, 1.82) is 0 Å². The van der Waals surface area contributed by atoms with E-state index in [1.807, 2.05) is 24.3 Å². The zero-order valence-corrected chi connectivity index (χ0v) is 17.8. The molecule has 148 valence electrons. The topological polar surface area (TPSA) is 45.5 Å². The van der Waals surface area contributed by atoms with Crippen LogP contribution in [0, 0.1) is 0 Å². The molecule has 1 saturated heterocycles. The van der Waals surface area contributed by atoms with Gasteiger partial charge in [0.05, 0.1) is 15.6 Å². The summed E-state index contributed by atoms with van der Waals surface area (Å²) < 4.78 is 28.1. The first-order valence-electron chi connectivity index (χ1n) is 9.07. The molecule has 4 rings (SSSR count). The first-order chi connectivity index (χ1) is 13.4. The van der Waals surface area contributed by atoms with Gasteiger partial charge < -0.3 is 4.90 Å². The van der Waals surface area contributed by atoms with E-state index in [1.165, 1.54) is 16.1 Å². The molecule has 0 bridgehead atoms. The number of fused-ring (bicyclic) bond motifs is 1. The third kappa shape index (κ3) is 3.55. The smallest absolute Gasteiger partial charge is 0.271 e. The Balaban J connectivity index is 1.80. The van der Waals surface area contributed by atoms with E-state index < -0.39 is 10.0 Å². The number of rotatable bonds is 4. The van der Waals surface area contributed by atoms with E-state index in [2.05, 4.69) is 16.8 Å². The molecule has 5 nitrogen and oxygen atoms in total. The molecule has 0 spiro atoms. The van der Waals surface area contributed by atoms with E-state index in [4.69, 9.17) is 23.2 Å². The SMILES string of the molecule is CN1CCN(Cc2cn(S(=O)(=O)c3c(Cl)cccc3Cl)c3ccccc23)CC1. The van der Waals surface area contributed by atoms with Gasteiger partial charge in [-0.05, 0) is 30.8 Å². The zero-order valence-electron chi connectivity index (χ0n) is 15.5. The number of halogens is 2. The molecule has 3 aromatic rings. The fourth-order valence-electron chi connectivity index (χ4n) is 3.62. The van der Waals surface area contributed by atoms with Crippen LogP contribution in [0.25, 0.3) is 10.9 Å². The van der Waals surface area contributed by atoms with Gasteiger partial charge >= 0.3 is 0 Å². The number of hydrogen-bond acceptors (Lipinski definition) is 4. The van der Waals surface area contributed by atoms with Crippen LogP contribution < -0.4 is 0 Å². The monoisotopic (exact) mass is 437 g/mol. The molecule has 8 heteroatoms. The summed E-state index contributed by atoms with van der Waals surface area (Å²) in [5, 5.41) is 1.16. The van der Waals surface area contributed by atoms with Crippen molar-refractivity contribution in [2.24, 2.45) is 0 Å². The van der Waals surface area contributed by atoms with Crippen LogP contribution >= 0.6 is 23.2 Å². The highest BCUT2D eigenvalue weighted by Crippen LogP contribution is 2.34. The Kier molecular flexibility index (Phi) is 5.42. The predicted octanol–water partition coefficient (Wildman–Crippen LogP) is 3.93. The van der Waals surface area contributed by atoms with Gasteiger partial charge in [-0.25, -0.2) is 12.4 Å². The molecule has 2 aromatic carbocycles. The second-order valence-corrected chi connectivity index (χ2v) is 9.67. The Bertz CT molecular complexity index is 1100. The average molecular weight is 438 g/mol. The number of para-hydroxylation sites is 1. The van der Waals surface area contributed by atoms with Crippen molar-refractivity contribution in [1.82, 2.24) is 13.8 Å². The summed E-state index contributed by atoms with van der Waals surface area (Å²) in [5.41, 5.74) is 1.61. The maximum absolute atomic E-state index is 13.4. The number of likely N-dealkylation sites (N-methyl/N-ethyl adjacent to an activating group) is 1. The van der Waals surface area contributed by atoms with Crippen molar-refractivity contribution in [2.45, 2.75) is 11.4 Å². The van der Waals surface area contributed by atoms with Crippen molar-refractivity contribution in [3.05, 3.63) is 64.3 Å². The molecular weight excluding hydrogens is 417 g/mol. The van der Waals surface area contributed by atoms with E-state index in [0.717, 1.165) is 37.1 Å². The summed E-state index contributed by atoms with van der Waals surface area (Å²) in [6.07, 6.45) is 1.71. The molecule has 0 amide bonds. The van der Waals surface area contributed by atoms with E-state index in [1.54, 1.807) is 12.3 Å². The first-order valence-corrected chi connectivity index (χ1v) is 11.3. The molecule has 0 atom stereocenters. The second-order valence-electron chi connectivity index (χ2n) is 7.10. The summed E-state index contributed by atoms with van der Waals surface area (Å²) in [4.78, 5) is 4.58. The third-order valence-corrected chi connectivity index (χ3v) is 7.82. The lowest BCUT2D eigenvalue weighted by atomic mass is 10.1. The summed E-state index contributed by atoms with van der Waals surface area (Å²) in [7, 11) is -1.82. The fourth-order valence-corrected chi connectivity index (χ4v) is 6.11. The minimum absolute atomic E-state index is 0.0646. The lowest BCUT2D eigenvalue weighted by molar-refractivity contribution is 0.148. The fraction of sp³-hybridized carbons (Fsp3) is 0.300. The predicted molar refractivity (Wildman–Crippen MR) is 114 cm³/mol. The molecule has 0 radical (unpaired) electrons. The van der Waals surface area contributed by atoms with E-state index in [-0.39, 0.29) is 14.9 Å². The minimum Gasteiger partial charge on any atom is -0.304 e. The van der Waals surface area contributed by atoms with Crippen molar-refractivity contribution >= 4 is 44.1 Å². The Morgan fingerprint density at radius 1 is 0.929 bits per heavy atom. The Morgan fingerprint density at radius 3 is 2.25 bits per heavy atom. The van der Waals surface area contributed by atoms with Crippen LogP contribution in [-0.4, -0.2) is 55.4 Å². The maximum Gasteiger partial charge on any atom is 0.271 e. The third-order valence-electron chi connectivity index (χ3n) is 5.19. The highest BCUT2D eigenvalue weighted by Gasteiger charge is 2.27. The summed E-state index contributed by atoms with van der Waals surface area (Å²) in [6, 6.07) is 12.2. The molecule has 1 fully saturated rings. The molecule has 0 aliphatic carbocycles. The van der Waals surface area contributed by atoms with Gasteiger partial charge in [0.2, 0.25) is 0 Å². The van der Waals surface area contributed by atoms with Crippen molar-refractivity contribution in [3.8, 4) is 0 Å². The summed E-state index contributed by atoms with van der Waals surface area (Å²) in [6.45, 7) is 4.63. The van der Waals surface area contributed by atoms with Crippen molar-refractivity contribution in [3.63, 3.8) is 0 Å². The summed E-state index contributed by atoms with van der Waals surface area (Å²) >= 11 is 12.4. The minimum atomic E-state index is -3.93. The molecule has 2 heterocycles. The molecular formula is C20H21Cl2N3O2S. The number of piperazine rings is 1. The highest BCUT2D eigenvalue weighted by molar-refractivity contribution is 7.90. The van der Waals surface area contributed by atoms with Crippen molar-refractivity contribution < 1.29 is 8.42 Å². The number of benzene rings is 2. The van der Waals surface area contributed by atoms with Gasteiger partial charge in [-0.2, -0.15) is 0 Å². The van der Waals surface area contributed by atoms with Gasteiger partial charge in [-0.1, -0.05) is 47.5 Å². The van der Waals surface area contributed by atoms with Gasteiger partial charge in [0, 0.05) is 44.3 Å². The normalized spacial score (nSPS) is 16.7. The average Bonchev–Trinajstić information content (AvgIpc) is 3.03. The highest BCUT2D eigenvalue weighted by atomic mass is 35.5. The van der Waals surface area contributed by atoms with Crippen molar-refractivity contribution in [2.75, 3.05) is 33.2 Å². The van der Waals surface area contributed by atoms with Crippen LogP contribution in [-0.2, 0) is 16.6 Å². The van der Waals surface area contributed by atoms with Gasteiger partial charge in [0.25, 0.3) is 10.0 Å². The number of nitrogens with zero attached hydrogens (tertiary/aromatic N) is 3. The van der Waals surface area contributed by atoms with E-state index in [0.29, 0.717) is 12.1 Å². The van der Waals surface area contributed by atoms with Gasteiger partial charge in [-0.15, -0.1) is 0 Å². The molecule has 0 unspecified atom stereocenters. The van der Waals surface area contributed by atoms with Crippen LogP contribution in [0.3, 0.4) is 0 Å². The van der Waals surface area contributed by atoms with Gasteiger partial charge in [-0.3, -0.25) is 4.90 Å². The summed E-state index contributed by atoms with van der Waals surface area (Å²) in [5.74, 6) is 0. The second kappa shape index (κ2) is 7.69. The molecule has 1 aliphatic heterocycles. The van der Waals surface area contributed by atoms with E-state index in [9.17, 15) is 8.42 Å². The van der Waals surface area contributed by atoms with Gasteiger partial charge in [0.1, 0.15) is 4.90 Å². The maximum atomic E-state index is 13.4. The molecule has 1 aromatic heterocycles. The number of aromatic nitrogens is 1. The molecule has 0 N–H and O–H groups in total. The Labute approximate surface area is 175 Å². The largest absolute Gasteiger partial charge is 0.304 e. The quantitative estimate of drug-likeness (QED) is 0.619. The lowest BCUT2D eigenvalue weighted by Crippen LogP contribution is -2.43. The molecule has 28 heavy (non-hydrogen) atoms. The standard InChI is InChI=1S/C20H21Cl2N3O2S/c1-23-9-11-24(12-10-23)13-15-14-25(19-8-3-2-5-16(15)19)28(26,27)20-17(21)6-4-7-18(20)22/h2-8,14H,9-13H2,1H3. The lowest BCUT2D eigenvalue weighted by Gasteiger charge is -2.32. The first kappa shape index (κ1) is 19.7. The van der Waals surface area contributed by atoms with Crippen LogP contribution in [0.15, 0.2) is 53.6 Å². The van der Waals surface area contributed by atoms with Crippen LogP contribution in [0.1, 0.15) is 5.56 Å². The van der Waals surface area contributed by atoms with Gasteiger partial charge in [0.15, 0.2) is 0 Å². The van der Waals surface area contributed by atoms with E-state index >= 15 is 0 Å². The van der Waals surface area contributed by atoms with Crippen LogP contribution in [0.4, 0.5) is 0 Å². The zero-order chi connectivity index (χ0) is 19.9. The Hall–Kier alpha value is -1.57. The van der Waals surface area contributed by atoms with Crippen LogP contribution in [0.5, 0.6) is 0 Å². The van der Waals surface area contributed by atoms with Crippen LogP contribution in [0.2, 0.25) is 10.0 Å². The Morgan fingerprint density at radius 2 is 1.57 bits per heavy atom. The number of hydrogen-bond donors (Lipinski definition) is 0. The molecule has 0 saturated carbocycles. The molecule has 1 aliphatic rings.